The van der Waals surface area contributed by atoms with Crippen LogP contribution in [0.5, 0.6) is 0 Å². The third kappa shape index (κ3) is 1.87. The molecule has 3 aliphatic heterocycles. The van der Waals surface area contributed by atoms with Crippen molar-refractivity contribution in [3.05, 3.63) is 35.4 Å². The van der Waals surface area contributed by atoms with Crippen molar-refractivity contribution in [2.24, 2.45) is 17.6 Å². The second-order valence-electron chi connectivity index (χ2n) is 7.25. The zero-order valence-electron chi connectivity index (χ0n) is 14.3. The minimum atomic E-state index is -1.33. The number of hydrogen-bond acceptors (Lipinski definition) is 5. The van der Waals surface area contributed by atoms with Crippen LogP contribution in [0.2, 0.25) is 0 Å². The molecule has 3 fully saturated rings. The van der Waals surface area contributed by atoms with E-state index in [1.54, 1.807) is 24.3 Å². The quantitative estimate of drug-likeness (QED) is 0.403. The summed E-state index contributed by atoms with van der Waals surface area (Å²) in [5, 5.41) is 17.5. The van der Waals surface area contributed by atoms with Crippen LogP contribution in [0.25, 0.3) is 0 Å². The molecule has 1 aromatic carbocycles. The summed E-state index contributed by atoms with van der Waals surface area (Å²) < 4.78 is 0. The number of carbonyl (C=O) groups excluding carboxylic acids is 2. The molecule has 0 saturated carbocycles. The summed E-state index contributed by atoms with van der Waals surface area (Å²) in [7, 11) is 1.42. The Labute approximate surface area is 150 Å². The molecule has 4 atom stereocenters. The van der Waals surface area contributed by atoms with Gasteiger partial charge >= 0.3 is 5.97 Å². The molecule has 4 rings (SSSR count). The number of fused-ring (bicyclic) bond motifs is 3. The molecule has 1 aromatic rings. The van der Waals surface area contributed by atoms with E-state index in [0.717, 1.165) is 10.5 Å². The third-order valence-electron chi connectivity index (χ3n) is 6.16. The first-order chi connectivity index (χ1) is 12.3. The van der Waals surface area contributed by atoms with E-state index < -0.39 is 35.3 Å². The maximum Gasteiger partial charge on any atom is 0.325 e. The van der Waals surface area contributed by atoms with E-state index in [-0.39, 0.29) is 11.7 Å². The van der Waals surface area contributed by atoms with Gasteiger partial charge in [0.05, 0.1) is 11.8 Å². The molecule has 4 unspecified atom stereocenters. The van der Waals surface area contributed by atoms with Gasteiger partial charge in [0.15, 0.2) is 0 Å². The van der Waals surface area contributed by atoms with Crippen LogP contribution >= 0.6 is 0 Å². The van der Waals surface area contributed by atoms with Gasteiger partial charge in [-0.1, -0.05) is 24.3 Å². The number of amidine groups is 1. The Kier molecular flexibility index (Phi) is 3.46. The fourth-order valence-electron chi connectivity index (χ4n) is 5.04. The number of nitrogens with zero attached hydrogens (tertiary/aromatic N) is 2. The van der Waals surface area contributed by atoms with Crippen LogP contribution in [0.15, 0.2) is 24.3 Å². The van der Waals surface area contributed by atoms with Crippen LogP contribution < -0.4 is 5.73 Å². The average molecular weight is 356 g/mol. The number of likely N-dealkylation sites (tertiary alicyclic amines) is 1. The van der Waals surface area contributed by atoms with Gasteiger partial charge in [-0.05, 0) is 24.9 Å². The zero-order valence-corrected chi connectivity index (χ0v) is 14.3. The molecule has 3 heterocycles. The minimum absolute atomic E-state index is 0.0613. The van der Waals surface area contributed by atoms with Crippen LogP contribution in [0.1, 0.15) is 30.0 Å². The highest BCUT2D eigenvalue weighted by atomic mass is 16.4. The predicted molar refractivity (Wildman–Crippen MR) is 91.3 cm³/mol. The van der Waals surface area contributed by atoms with E-state index in [0.29, 0.717) is 24.9 Å². The van der Waals surface area contributed by atoms with Crippen molar-refractivity contribution in [1.82, 2.24) is 9.80 Å². The normalized spacial score (nSPS) is 33.4. The molecule has 136 valence electrons. The van der Waals surface area contributed by atoms with Crippen molar-refractivity contribution < 1.29 is 19.5 Å². The Balaban J connectivity index is 1.86. The molecule has 3 aliphatic rings. The van der Waals surface area contributed by atoms with E-state index in [4.69, 9.17) is 11.1 Å². The van der Waals surface area contributed by atoms with Gasteiger partial charge < -0.3 is 10.8 Å². The second-order valence-corrected chi connectivity index (χ2v) is 7.25. The Morgan fingerprint density at radius 1 is 1.27 bits per heavy atom. The number of nitrogens with two attached hydrogens (primary N) is 1. The van der Waals surface area contributed by atoms with Crippen molar-refractivity contribution in [1.29, 1.82) is 5.41 Å². The smallest absolute Gasteiger partial charge is 0.325 e. The topological polar surface area (TPSA) is 128 Å². The largest absolute Gasteiger partial charge is 0.480 e. The summed E-state index contributed by atoms with van der Waals surface area (Å²) in [5.74, 6) is -3.39. The first-order valence-electron chi connectivity index (χ1n) is 8.56. The highest BCUT2D eigenvalue weighted by Crippen LogP contribution is 2.58. The van der Waals surface area contributed by atoms with Crippen molar-refractivity contribution in [3.8, 4) is 0 Å². The summed E-state index contributed by atoms with van der Waals surface area (Å²) in [5.41, 5.74) is 5.50. The average Bonchev–Trinajstić information content (AvgIpc) is 3.21. The zero-order chi connectivity index (χ0) is 18.8. The lowest BCUT2D eigenvalue weighted by Gasteiger charge is -2.34. The monoisotopic (exact) mass is 356 g/mol. The van der Waals surface area contributed by atoms with E-state index in [1.165, 1.54) is 7.05 Å². The van der Waals surface area contributed by atoms with Crippen LogP contribution in [-0.4, -0.2) is 57.7 Å². The van der Waals surface area contributed by atoms with Gasteiger partial charge in [-0.2, -0.15) is 0 Å². The molecule has 2 amide bonds. The molecule has 0 bridgehead atoms. The number of rotatable bonds is 3. The van der Waals surface area contributed by atoms with Crippen molar-refractivity contribution in [2.45, 2.75) is 24.4 Å². The van der Waals surface area contributed by atoms with Crippen LogP contribution in [0.4, 0.5) is 0 Å². The molecule has 0 aliphatic carbocycles. The lowest BCUT2D eigenvalue weighted by molar-refractivity contribution is -0.155. The Morgan fingerprint density at radius 2 is 1.92 bits per heavy atom. The molecular formula is C18H20N4O4. The molecule has 0 spiro atoms. The summed E-state index contributed by atoms with van der Waals surface area (Å²) in [6, 6.07) is 6.44. The Hall–Kier alpha value is -2.74. The number of aliphatic carboxylic acids is 1. The fraction of sp³-hybridized carbons (Fsp3) is 0.444. The maximum atomic E-state index is 12.8. The molecule has 3 saturated heterocycles. The molecular weight excluding hydrogens is 336 g/mol. The predicted octanol–water partition coefficient (Wildman–Crippen LogP) is 0.176. The van der Waals surface area contributed by atoms with Gasteiger partial charge in [-0.3, -0.25) is 29.6 Å². The number of carbonyl (C=O) groups is 3. The molecule has 0 radical (unpaired) electrons. The first-order valence-corrected chi connectivity index (χ1v) is 8.56. The highest BCUT2D eigenvalue weighted by molar-refractivity contribution is 6.09. The Bertz CT molecular complexity index is 836. The molecule has 8 heteroatoms. The van der Waals surface area contributed by atoms with Gasteiger partial charge in [-0.15, -0.1) is 0 Å². The van der Waals surface area contributed by atoms with Crippen LogP contribution in [-0.2, 0) is 14.4 Å². The van der Waals surface area contributed by atoms with Gasteiger partial charge in [0.25, 0.3) is 0 Å². The standard InChI is InChI=1S/C18H20N4O4/c1-21-15(23)11-12(16(21)24)18(17(25)26)7-2-8-22(18)13(11)9-3-5-10(6-4-9)14(19)20/h3-6,11-13H,2,7-8H2,1H3,(H3,19,20)(H,25,26). The van der Waals surface area contributed by atoms with E-state index >= 15 is 0 Å². The number of benzene rings is 1. The number of nitrogen functional groups attached to an aromatic ring is 1. The number of carboxylic acid groups (broad SMARTS) is 1. The van der Waals surface area contributed by atoms with Crippen molar-refractivity contribution in [3.63, 3.8) is 0 Å². The Morgan fingerprint density at radius 3 is 2.50 bits per heavy atom. The number of amides is 2. The summed E-state index contributed by atoms with van der Waals surface area (Å²) in [4.78, 5) is 40.7. The van der Waals surface area contributed by atoms with E-state index in [2.05, 4.69) is 0 Å². The first kappa shape index (κ1) is 16.7. The van der Waals surface area contributed by atoms with E-state index in [1.807, 2.05) is 4.90 Å². The SMILES string of the molecule is CN1C(=O)C2C(c3ccc(C(=N)N)cc3)N3CCCC3(C(=O)O)C2C1=O. The molecule has 0 aromatic heterocycles. The van der Waals surface area contributed by atoms with E-state index in [9.17, 15) is 19.5 Å². The highest BCUT2D eigenvalue weighted by Gasteiger charge is 2.72. The number of imide groups is 1. The van der Waals surface area contributed by atoms with Crippen molar-refractivity contribution >= 4 is 23.6 Å². The second kappa shape index (κ2) is 5.38. The fourth-order valence-corrected chi connectivity index (χ4v) is 5.04. The van der Waals surface area contributed by atoms with Gasteiger partial charge in [0.1, 0.15) is 11.4 Å². The van der Waals surface area contributed by atoms with Crippen molar-refractivity contribution in [2.75, 3.05) is 13.6 Å². The molecule has 26 heavy (non-hydrogen) atoms. The summed E-state index contributed by atoms with van der Waals surface area (Å²) in [6.07, 6.45) is 1.03. The summed E-state index contributed by atoms with van der Waals surface area (Å²) in [6.45, 7) is 0.530. The van der Waals surface area contributed by atoms with Gasteiger partial charge in [0, 0.05) is 18.7 Å². The third-order valence-corrected chi connectivity index (χ3v) is 6.16. The molecule has 8 nitrogen and oxygen atoms in total. The maximum absolute atomic E-state index is 12.8. The number of carboxylic acids is 1. The molecule has 4 N–H and O–H groups in total. The van der Waals surface area contributed by atoms with Crippen LogP contribution in [0.3, 0.4) is 0 Å². The van der Waals surface area contributed by atoms with Crippen LogP contribution in [0, 0.1) is 17.2 Å². The lowest BCUT2D eigenvalue weighted by atomic mass is 9.77. The van der Waals surface area contributed by atoms with Gasteiger partial charge in [0.2, 0.25) is 11.8 Å². The summed E-state index contributed by atoms with van der Waals surface area (Å²) >= 11 is 0. The minimum Gasteiger partial charge on any atom is -0.480 e. The lowest BCUT2D eigenvalue weighted by Crippen LogP contribution is -2.53. The number of hydrogen-bond donors (Lipinski definition) is 3. The number of nitrogens with one attached hydrogen (secondary N) is 1. The van der Waals surface area contributed by atoms with Gasteiger partial charge in [-0.25, -0.2) is 0 Å².